The number of fused-ring (bicyclic) bond motifs is 1. The van der Waals surface area contributed by atoms with Crippen LogP contribution in [0, 0.1) is 5.92 Å². The average molecular weight is 478 g/mol. The molecule has 33 heavy (non-hydrogen) atoms. The smallest absolute Gasteiger partial charge is 0.141 e. The van der Waals surface area contributed by atoms with Gasteiger partial charge in [0.25, 0.3) is 0 Å². The van der Waals surface area contributed by atoms with Crippen molar-refractivity contribution in [3.05, 3.63) is 83.7 Å². The fourth-order valence-corrected chi connectivity index (χ4v) is 5.13. The van der Waals surface area contributed by atoms with E-state index in [1.54, 1.807) is 40.8 Å². The Morgan fingerprint density at radius 3 is 2.82 bits per heavy atom. The summed E-state index contributed by atoms with van der Waals surface area (Å²) in [6.45, 7) is 0.700. The van der Waals surface area contributed by atoms with Gasteiger partial charge in [-0.3, -0.25) is 4.40 Å². The highest BCUT2D eigenvalue weighted by molar-refractivity contribution is 7.20. The molecule has 3 heterocycles. The summed E-state index contributed by atoms with van der Waals surface area (Å²) in [6.07, 6.45) is 6.69. The zero-order valence-electron chi connectivity index (χ0n) is 17.5. The largest absolute Gasteiger partial charge is 0.492 e. The van der Waals surface area contributed by atoms with E-state index in [9.17, 15) is 5.11 Å². The summed E-state index contributed by atoms with van der Waals surface area (Å²) in [5.41, 5.74) is 2.92. The Morgan fingerprint density at radius 2 is 2.03 bits per heavy atom. The number of aliphatic hydroxyl groups is 1. The quantitative estimate of drug-likeness (QED) is 0.350. The van der Waals surface area contributed by atoms with Gasteiger partial charge < -0.3 is 9.84 Å². The fraction of sp³-hybridized carbons (Fsp3) is 0.208. The van der Waals surface area contributed by atoms with E-state index in [0.29, 0.717) is 34.7 Å². The number of aliphatic hydroxyl groups excluding tert-OH is 1. The van der Waals surface area contributed by atoms with Crippen LogP contribution in [0.3, 0.4) is 0 Å². The van der Waals surface area contributed by atoms with Crippen molar-refractivity contribution in [3.63, 3.8) is 0 Å². The first-order valence-corrected chi connectivity index (χ1v) is 11.9. The molecule has 6 rings (SSSR count). The molecule has 0 saturated heterocycles. The summed E-state index contributed by atoms with van der Waals surface area (Å²) in [5.74, 6) is 1.32. The maximum Gasteiger partial charge on any atom is 0.141 e. The first kappa shape index (κ1) is 20.4. The van der Waals surface area contributed by atoms with Crippen molar-refractivity contribution in [2.45, 2.75) is 18.9 Å². The van der Waals surface area contributed by atoms with E-state index in [0.717, 1.165) is 21.0 Å². The van der Waals surface area contributed by atoms with Crippen LogP contribution in [0.4, 0.5) is 0 Å². The Balaban J connectivity index is 1.32. The number of imidazole rings is 1. The Labute approximate surface area is 198 Å². The number of rotatable bonds is 7. The maximum absolute atomic E-state index is 11.3. The van der Waals surface area contributed by atoms with Crippen molar-refractivity contribution in [2.75, 3.05) is 6.61 Å². The minimum atomic E-state index is -0.978. The first-order valence-electron chi connectivity index (χ1n) is 10.7. The van der Waals surface area contributed by atoms with Crippen LogP contribution in [0.25, 0.3) is 21.0 Å². The summed E-state index contributed by atoms with van der Waals surface area (Å²) in [7, 11) is 0. The molecule has 0 amide bonds. The Morgan fingerprint density at radius 1 is 1.18 bits per heavy atom. The molecule has 0 bridgehead atoms. The molecular weight excluding hydrogens is 458 g/mol. The van der Waals surface area contributed by atoms with E-state index in [2.05, 4.69) is 15.3 Å². The molecule has 0 spiro atoms. The van der Waals surface area contributed by atoms with Crippen molar-refractivity contribution >= 4 is 27.8 Å². The van der Waals surface area contributed by atoms with Crippen LogP contribution in [0.1, 0.15) is 30.3 Å². The molecule has 3 aromatic heterocycles. The van der Waals surface area contributed by atoms with Gasteiger partial charge in [-0.2, -0.15) is 0 Å². The molecular formula is C24H20ClN5O2S. The van der Waals surface area contributed by atoms with E-state index < -0.39 is 6.10 Å². The van der Waals surface area contributed by atoms with Gasteiger partial charge in [-0.25, -0.2) is 9.67 Å². The molecule has 9 heteroatoms. The van der Waals surface area contributed by atoms with E-state index in [1.807, 2.05) is 46.9 Å². The standard InChI is InChI=1S/C24H20ClN5O2S/c25-18-10-17(8-9-20(18)32-13-15-6-7-15)30-12-19(27-28-30)23(31)22-24(16-4-2-1-3-5-16)33-21-11-26-14-29(21)22/h1-5,8-12,14-15,23,31H,6-7,13H2. The van der Waals surface area contributed by atoms with Crippen LogP contribution in [0.5, 0.6) is 5.75 Å². The minimum absolute atomic E-state index is 0.436. The lowest BCUT2D eigenvalue weighted by atomic mass is 10.1. The summed E-state index contributed by atoms with van der Waals surface area (Å²) >= 11 is 8.01. The molecule has 7 nitrogen and oxygen atoms in total. The molecule has 1 atom stereocenters. The van der Waals surface area contributed by atoms with Crippen LogP contribution >= 0.6 is 22.9 Å². The molecule has 1 saturated carbocycles. The number of aromatic nitrogens is 5. The van der Waals surface area contributed by atoms with Crippen LogP contribution in [0.15, 0.2) is 67.3 Å². The third kappa shape index (κ3) is 3.90. The zero-order valence-corrected chi connectivity index (χ0v) is 19.1. The molecule has 0 aliphatic heterocycles. The topological polar surface area (TPSA) is 77.5 Å². The monoisotopic (exact) mass is 477 g/mol. The van der Waals surface area contributed by atoms with E-state index in [4.69, 9.17) is 16.3 Å². The van der Waals surface area contributed by atoms with Crippen LogP contribution in [-0.2, 0) is 0 Å². The van der Waals surface area contributed by atoms with Crippen molar-refractivity contribution in [1.82, 2.24) is 24.4 Å². The molecule has 5 aromatic rings. The molecule has 166 valence electrons. The second kappa shape index (κ2) is 8.30. The van der Waals surface area contributed by atoms with Gasteiger partial charge >= 0.3 is 0 Å². The minimum Gasteiger partial charge on any atom is -0.492 e. The second-order valence-corrected chi connectivity index (χ2v) is 9.58. The Bertz CT molecular complexity index is 1420. The van der Waals surface area contributed by atoms with Gasteiger partial charge in [0.15, 0.2) is 0 Å². The molecule has 2 aromatic carbocycles. The third-order valence-electron chi connectivity index (χ3n) is 5.74. The molecule has 1 aliphatic carbocycles. The van der Waals surface area contributed by atoms with Crippen LogP contribution in [-0.4, -0.2) is 36.1 Å². The summed E-state index contributed by atoms with van der Waals surface area (Å²) in [5, 5.41) is 20.3. The van der Waals surface area contributed by atoms with Crippen molar-refractivity contribution < 1.29 is 9.84 Å². The van der Waals surface area contributed by atoms with Gasteiger partial charge in [0.05, 0.1) is 40.3 Å². The molecule has 1 aliphatic rings. The predicted octanol–water partition coefficient (Wildman–Crippen LogP) is 5.17. The fourth-order valence-electron chi connectivity index (χ4n) is 3.77. The van der Waals surface area contributed by atoms with Crippen molar-refractivity contribution in [3.8, 4) is 21.9 Å². The van der Waals surface area contributed by atoms with Gasteiger partial charge in [-0.15, -0.1) is 16.4 Å². The number of hydrogen-bond acceptors (Lipinski definition) is 6. The number of hydrogen-bond donors (Lipinski definition) is 1. The number of ether oxygens (including phenoxy) is 1. The van der Waals surface area contributed by atoms with Gasteiger partial charge in [0, 0.05) is 0 Å². The normalized spacial score (nSPS) is 14.6. The van der Waals surface area contributed by atoms with E-state index >= 15 is 0 Å². The first-order chi connectivity index (χ1) is 16.2. The second-order valence-electron chi connectivity index (χ2n) is 8.14. The predicted molar refractivity (Wildman–Crippen MR) is 127 cm³/mol. The Hall–Kier alpha value is -3.20. The maximum atomic E-state index is 11.3. The highest BCUT2D eigenvalue weighted by atomic mass is 35.5. The van der Waals surface area contributed by atoms with Crippen molar-refractivity contribution in [1.29, 1.82) is 0 Å². The number of nitrogens with zero attached hydrogens (tertiary/aromatic N) is 5. The lowest BCUT2D eigenvalue weighted by Crippen LogP contribution is -2.05. The van der Waals surface area contributed by atoms with Crippen LogP contribution < -0.4 is 4.74 Å². The average Bonchev–Trinajstić information content (AvgIpc) is 3.21. The van der Waals surface area contributed by atoms with E-state index in [1.165, 1.54) is 12.8 Å². The lowest BCUT2D eigenvalue weighted by molar-refractivity contribution is 0.210. The van der Waals surface area contributed by atoms with Gasteiger partial charge in [0.2, 0.25) is 0 Å². The molecule has 0 radical (unpaired) electrons. The molecule has 1 fully saturated rings. The Kier molecular flexibility index (Phi) is 5.13. The van der Waals surface area contributed by atoms with Gasteiger partial charge in [0.1, 0.15) is 28.7 Å². The third-order valence-corrected chi connectivity index (χ3v) is 7.20. The van der Waals surface area contributed by atoms with Crippen molar-refractivity contribution in [2.24, 2.45) is 5.92 Å². The highest BCUT2D eigenvalue weighted by Crippen LogP contribution is 2.38. The van der Waals surface area contributed by atoms with Crippen LogP contribution in [0.2, 0.25) is 5.02 Å². The zero-order chi connectivity index (χ0) is 22.4. The summed E-state index contributed by atoms with van der Waals surface area (Å²) in [6, 6.07) is 15.5. The molecule has 1 unspecified atom stereocenters. The molecule has 1 N–H and O–H groups in total. The van der Waals surface area contributed by atoms with Gasteiger partial charge in [-0.05, 0) is 42.5 Å². The summed E-state index contributed by atoms with van der Waals surface area (Å²) < 4.78 is 9.32. The summed E-state index contributed by atoms with van der Waals surface area (Å²) in [4.78, 5) is 6.14. The number of benzene rings is 2. The lowest BCUT2D eigenvalue weighted by Gasteiger charge is -2.10. The highest BCUT2D eigenvalue weighted by Gasteiger charge is 2.25. The number of halogens is 1. The van der Waals surface area contributed by atoms with E-state index in [-0.39, 0.29) is 0 Å². The number of thiazole rings is 1. The SMILES string of the molecule is OC(c1cn(-c2ccc(OCC3CC3)c(Cl)c2)nn1)c1c(-c2ccccc2)sc2cncn12. The van der Waals surface area contributed by atoms with Gasteiger partial charge in [-0.1, -0.05) is 47.1 Å².